The summed E-state index contributed by atoms with van der Waals surface area (Å²) in [6.45, 7) is 6.06. The average Bonchev–Trinajstić information content (AvgIpc) is 3.38. The van der Waals surface area contributed by atoms with Crippen LogP contribution >= 0.6 is 0 Å². The molecule has 0 saturated heterocycles. The van der Waals surface area contributed by atoms with E-state index >= 15 is 0 Å². The number of nitrogens with one attached hydrogen (secondary N) is 2. The zero-order valence-corrected chi connectivity index (χ0v) is 14.7. The first-order chi connectivity index (χ1) is 11.5. The molecule has 3 rings (SSSR count). The number of carbonyl (C=O) groups is 1. The molecule has 1 saturated carbocycles. The van der Waals surface area contributed by atoms with Crippen LogP contribution in [0.5, 0.6) is 0 Å². The van der Waals surface area contributed by atoms with Crippen molar-refractivity contribution in [1.82, 2.24) is 5.32 Å². The number of carbonyl (C=O) groups excluding carboxylic acids is 1. The summed E-state index contributed by atoms with van der Waals surface area (Å²) in [5.41, 5.74) is 4.53. The molecular formula is C21H26N2O. The second kappa shape index (κ2) is 7.18. The van der Waals surface area contributed by atoms with Crippen molar-refractivity contribution in [1.29, 1.82) is 0 Å². The van der Waals surface area contributed by atoms with Crippen LogP contribution in [0.1, 0.15) is 42.5 Å². The second-order valence-corrected chi connectivity index (χ2v) is 6.97. The first-order valence-corrected chi connectivity index (χ1v) is 8.73. The quantitative estimate of drug-likeness (QED) is 0.829. The maximum atomic E-state index is 12.5. The maximum absolute atomic E-state index is 12.5. The fourth-order valence-corrected chi connectivity index (χ4v) is 3.03. The highest BCUT2D eigenvalue weighted by Gasteiger charge is 2.34. The molecule has 0 radical (unpaired) electrons. The van der Waals surface area contributed by atoms with E-state index in [9.17, 15) is 4.79 Å². The van der Waals surface area contributed by atoms with Gasteiger partial charge in [-0.15, -0.1) is 0 Å². The minimum atomic E-state index is -0.239. The standard InChI is InChI=1S/C21H26N2O/c1-14-7-9-17(10-8-14)20(18-11-12-18)22-16(3)21(24)23-19-6-4-5-15(2)13-19/h4-10,13,16,18,20,22H,11-12H2,1-3H3,(H,23,24)/t16-,20+/m0/s1. The van der Waals surface area contributed by atoms with Gasteiger partial charge in [0.1, 0.15) is 0 Å². The number of hydrogen-bond donors (Lipinski definition) is 2. The molecule has 2 N–H and O–H groups in total. The Morgan fingerprint density at radius 2 is 1.75 bits per heavy atom. The van der Waals surface area contributed by atoms with Gasteiger partial charge in [-0.1, -0.05) is 42.0 Å². The summed E-state index contributed by atoms with van der Waals surface area (Å²) in [5, 5.41) is 6.54. The van der Waals surface area contributed by atoms with E-state index in [1.807, 2.05) is 38.1 Å². The van der Waals surface area contributed by atoms with Crippen LogP contribution in [-0.2, 0) is 4.79 Å². The lowest BCUT2D eigenvalue weighted by atomic mass is 10.00. The molecule has 2 atom stereocenters. The molecule has 3 heteroatoms. The van der Waals surface area contributed by atoms with E-state index in [2.05, 4.69) is 41.8 Å². The highest BCUT2D eigenvalue weighted by molar-refractivity contribution is 5.94. The van der Waals surface area contributed by atoms with E-state index in [-0.39, 0.29) is 18.0 Å². The highest BCUT2D eigenvalue weighted by atomic mass is 16.2. The predicted octanol–water partition coefficient (Wildman–Crippen LogP) is 4.37. The summed E-state index contributed by atoms with van der Waals surface area (Å²) < 4.78 is 0. The Labute approximate surface area is 144 Å². The van der Waals surface area contributed by atoms with Gasteiger partial charge in [-0.3, -0.25) is 10.1 Å². The van der Waals surface area contributed by atoms with Crippen LogP contribution in [0.25, 0.3) is 0 Å². The molecular weight excluding hydrogens is 296 g/mol. The molecule has 0 unspecified atom stereocenters. The molecule has 1 amide bonds. The Kier molecular flexibility index (Phi) is 5.00. The molecule has 1 aliphatic carbocycles. The van der Waals surface area contributed by atoms with E-state index in [0.717, 1.165) is 11.3 Å². The van der Waals surface area contributed by atoms with Crippen molar-refractivity contribution in [3.63, 3.8) is 0 Å². The lowest BCUT2D eigenvalue weighted by molar-refractivity contribution is -0.118. The Bertz CT molecular complexity index is 704. The van der Waals surface area contributed by atoms with Gasteiger partial charge in [0.2, 0.25) is 5.91 Å². The SMILES string of the molecule is Cc1ccc([C@@H](N[C@@H](C)C(=O)Nc2cccc(C)c2)C2CC2)cc1. The number of anilines is 1. The third-order valence-electron chi connectivity index (χ3n) is 4.64. The minimum absolute atomic E-state index is 0.0124. The third-order valence-corrected chi connectivity index (χ3v) is 4.64. The number of benzene rings is 2. The number of hydrogen-bond acceptors (Lipinski definition) is 2. The van der Waals surface area contributed by atoms with Gasteiger partial charge in [0.15, 0.2) is 0 Å². The molecule has 2 aromatic rings. The molecule has 0 heterocycles. The van der Waals surface area contributed by atoms with Gasteiger partial charge in [-0.25, -0.2) is 0 Å². The fourth-order valence-electron chi connectivity index (χ4n) is 3.03. The molecule has 1 aliphatic rings. The molecule has 126 valence electrons. The zero-order chi connectivity index (χ0) is 17.1. The normalized spacial score (nSPS) is 16.5. The van der Waals surface area contributed by atoms with Crippen LogP contribution < -0.4 is 10.6 Å². The molecule has 1 fully saturated rings. The molecule has 3 nitrogen and oxygen atoms in total. The summed E-state index contributed by atoms with van der Waals surface area (Å²) >= 11 is 0. The maximum Gasteiger partial charge on any atom is 0.241 e. The molecule has 0 aliphatic heterocycles. The third kappa shape index (κ3) is 4.24. The van der Waals surface area contributed by atoms with Crippen LogP contribution in [0.4, 0.5) is 5.69 Å². The van der Waals surface area contributed by atoms with Crippen molar-refractivity contribution < 1.29 is 4.79 Å². The monoisotopic (exact) mass is 322 g/mol. The Morgan fingerprint density at radius 3 is 2.38 bits per heavy atom. The summed E-state index contributed by atoms with van der Waals surface area (Å²) in [7, 11) is 0. The number of rotatable bonds is 6. The zero-order valence-electron chi connectivity index (χ0n) is 14.7. The van der Waals surface area contributed by atoms with Crippen molar-refractivity contribution in [2.24, 2.45) is 5.92 Å². The van der Waals surface area contributed by atoms with Gasteiger partial charge in [0.05, 0.1) is 6.04 Å². The van der Waals surface area contributed by atoms with Crippen LogP contribution in [0.15, 0.2) is 48.5 Å². The lowest BCUT2D eigenvalue weighted by Gasteiger charge is -2.23. The van der Waals surface area contributed by atoms with Gasteiger partial charge in [-0.2, -0.15) is 0 Å². The molecule has 0 aromatic heterocycles. The average molecular weight is 322 g/mol. The van der Waals surface area contributed by atoms with Crippen LogP contribution in [-0.4, -0.2) is 11.9 Å². The summed E-state index contributed by atoms with van der Waals surface area (Å²) in [5.74, 6) is 0.653. The van der Waals surface area contributed by atoms with Gasteiger partial charge < -0.3 is 5.32 Å². The van der Waals surface area contributed by atoms with Crippen molar-refractivity contribution in [3.05, 3.63) is 65.2 Å². The van der Waals surface area contributed by atoms with E-state index in [1.54, 1.807) is 0 Å². The van der Waals surface area contributed by atoms with E-state index < -0.39 is 0 Å². The van der Waals surface area contributed by atoms with Gasteiger partial charge in [0, 0.05) is 11.7 Å². The van der Waals surface area contributed by atoms with Crippen molar-refractivity contribution in [2.75, 3.05) is 5.32 Å². The van der Waals surface area contributed by atoms with Crippen molar-refractivity contribution in [2.45, 2.75) is 45.7 Å². The van der Waals surface area contributed by atoms with Crippen LogP contribution in [0.2, 0.25) is 0 Å². The molecule has 24 heavy (non-hydrogen) atoms. The van der Waals surface area contributed by atoms with E-state index in [4.69, 9.17) is 0 Å². The molecule has 2 aromatic carbocycles. The number of amides is 1. The van der Waals surface area contributed by atoms with Crippen molar-refractivity contribution in [3.8, 4) is 0 Å². The fraction of sp³-hybridized carbons (Fsp3) is 0.381. The topological polar surface area (TPSA) is 41.1 Å². The van der Waals surface area contributed by atoms with Crippen LogP contribution in [0.3, 0.4) is 0 Å². The largest absolute Gasteiger partial charge is 0.325 e. The minimum Gasteiger partial charge on any atom is -0.325 e. The Balaban J connectivity index is 1.66. The van der Waals surface area contributed by atoms with E-state index in [1.165, 1.54) is 24.0 Å². The predicted molar refractivity (Wildman–Crippen MR) is 99.1 cm³/mol. The summed E-state index contributed by atoms with van der Waals surface area (Å²) in [6, 6.07) is 16.6. The summed E-state index contributed by atoms with van der Waals surface area (Å²) in [4.78, 5) is 12.5. The van der Waals surface area contributed by atoms with Crippen molar-refractivity contribution >= 4 is 11.6 Å². The summed E-state index contributed by atoms with van der Waals surface area (Å²) in [6.07, 6.45) is 2.47. The first kappa shape index (κ1) is 16.7. The van der Waals surface area contributed by atoms with Gasteiger partial charge >= 0.3 is 0 Å². The van der Waals surface area contributed by atoms with E-state index in [0.29, 0.717) is 5.92 Å². The highest BCUT2D eigenvalue weighted by Crippen LogP contribution is 2.41. The van der Waals surface area contributed by atoms with Gasteiger partial charge in [-0.05, 0) is 62.8 Å². The Morgan fingerprint density at radius 1 is 1.04 bits per heavy atom. The van der Waals surface area contributed by atoms with Crippen LogP contribution in [0, 0.1) is 19.8 Å². The van der Waals surface area contributed by atoms with Gasteiger partial charge in [0.25, 0.3) is 0 Å². The second-order valence-electron chi connectivity index (χ2n) is 6.97. The lowest BCUT2D eigenvalue weighted by Crippen LogP contribution is -2.40. The number of aryl methyl sites for hydroxylation is 2. The first-order valence-electron chi connectivity index (χ1n) is 8.73. The smallest absolute Gasteiger partial charge is 0.241 e. The molecule has 0 spiro atoms. The molecule has 0 bridgehead atoms. The Hall–Kier alpha value is -2.13.